The van der Waals surface area contributed by atoms with Crippen molar-refractivity contribution >= 4 is 0 Å². The van der Waals surface area contributed by atoms with E-state index in [1.165, 1.54) is 0 Å². The quantitative estimate of drug-likeness (QED) is 0.790. The average Bonchev–Trinajstić information content (AvgIpc) is 2.79. The number of aromatic nitrogens is 5. The Labute approximate surface area is 92.9 Å². The van der Waals surface area contributed by atoms with Gasteiger partial charge in [-0.3, -0.25) is 0 Å². The molecule has 0 saturated heterocycles. The van der Waals surface area contributed by atoms with Gasteiger partial charge in [-0.2, -0.15) is 4.98 Å². The molecule has 7 nitrogen and oxygen atoms in total. The Morgan fingerprint density at radius 1 is 1.25 bits per heavy atom. The van der Waals surface area contributed by atoms with Crippen LogP contribution in [0, 0.1) is 13.8 Å². The van der Waals surface area contributed by atoms with Gasteiger partial charge in [-0.25, -0.2) is 0 Å². The second-order valence-electron chi connectivity index (χ2n) is 3.56. The predicted molar refractivity (Wildman–Crippen MR) is 55.3 cm³/mol. The summed E-state index contributed by atoms with van der Waals surface area (Å²) in [5.41, 5.74) is 0. The number of hydrogen-bond acceptors (Lipinski definition) is 6. The highest BCUT2D eigenvalue weighted by molar-refractivity contribution is 4.92. The van der Waals surface area contributed by atoms with Crippen molar-refractivity contribution in [2.75, 3.05) is 0 Å². The lowest BCUT2D eigenvalue weighted by atomic mass is 10.5. The van der Waals surface area contributed by atoms with Gasteiger partial charge in [0.15, 0.2) is 5.82 Å². The van der Waals surface area contributed by atoms with E-state index in [2.05, 4.69) is 25.7 Å². The first kappa shape index (κ1) is 10.7. The summed E-state index contributed by atoms with van der Waals surface area (Å²) in [4.78, 5) is 4.09. The third-order valence-corrected chi connectivity index (χ3v) is 2.31. The summed E-state index contributed by atoms with van der Waals surface area (Å²) in [5.74, 6) is 3.00. The first-order valence-corrected chi connectivity index (χ1v) is 5.01. The number of nitrogens with one attached hydrogen (secondary N) is 1. The maximum Gasteiger partial charge on any atom is 0.240 e. The van der Waals surface area contributed by atoms with Crippen molar-refractivity contribution < 1.29 is 4.52 Å². The number of aryl methyl sites for hydroxylation is 2. The second-order valence-corrected chi connectivity index (χ2v) is 3.56. The highest BCUT2D eigenvalue weighted by Gasteiger charge is 2.05. The van der Waals surface area contributed by atoms with Crippen molar-refractivity contribution in [3.63, 3.8) is 0 Å². The molecular weight excluding hydrogens is 208 g/mol. The summed E-state index contributed by atoms with van der Waals surface area (Å²) in [6.07, 6.45) is 0. The topological polar surface area (TPSA) is 81.7 Å². The lowest BCUT2D eigenvalue weighted by Crippen LogP contribution is -2.16. The van der Waals surface area contributed by atoms with Crippen LogP contribution in [-0.2, 0) is 20.1 Å². The van der Waals surface area contributed by atoms with E-state index in [0.717, 1.165) is 11.6 Å². The maximum absolute atomic E-state index is 4.97. The second kappa shape index (κ2) is 4.40. The summed E-state index contributed by atoms with van der Waals surface area (Å²) in [6, 6.07) is 0. The van der Waals surface area contributed by atoms with Crippen LogP contribution in [0.5, 0.6) is 0 Å². The number of rotatable bonds is 4. The minimum absolute atomic E-state index is 0.534. The van der Waals surface area contributed by atoms with Gasteiger partial charge in [-0.15, -0.1) is 10.2 Å². The SMILES string of the molecule is Cc1noc(CNCc2nnc(C)n2C)n1. The number of nitrogens with zero attached hydrogens (tertiary/aromatic N) is 5. The minimum atomic E-state index is 0.534. The molecule has 1 N–H and O–H groups in total. The predicted octanol–water partition coefficient (Wildman–Crippen LogP) is 0.105. The van der Waals surface area contributed by atoms with Crippen LogP contribution in [0.3, 0.4) is 0 Å². The molecule has 0 aliphatic carbocycles. The Balaban J connectivity index is 1.86. The molecule has 0 aliphatic rings. The molecule has 2 rings (SSSR count). The summed E-state index contributed by atoms with van der Waals surface area (Å²) >= 11 is 0. The summed E-state index contributed by atoms with van der Waals surface area (Å²) in [6.45, 7) is 4.86. The van der Waals surface area contributed by atoms with E-state index in [0.29, 0.717) is 24.8 Å². The van der Waals surface area contributed by atoms with Crippen molar-refractivity contribution in [1.29, 1.82) is 0 Å². The van der Waals surface area contributed by atoms with Gasteiger partial charge in [0.25, 0.3) is 0 Å². The van der Waals surface area contributed by atoms with Gasteiger partial charge in [0.2, 0.25) is 5.89 Å². The van der Waals surface area contributed by atoms with Crippen LogP contribution in [0.1, 0.15) is 23.4 Å². The molecule has 7 heteroatoms. The van der Waals surface area contributed by atoms with Gasteiger partial charge in [0.1, 0.15) is 11.6 Å². The third-order valence-electron chi connectivity index (χ3n) is 2.31. The van der Waals surface area contributed by atoms with E-state index < -0.39 is 0 Å². The molecule has 2 aromatic rings. The summed E-state index contributed by atoms with van der Waals surface area (Å²) in [5, 5.41) is 14.9. The van der Waals surface area contributed by atoms with Crippen LogP contribution >= 0.6 is 0 Å². The van der Waals surface area contributed by atoms with Crippen LogP contribution in [-0.4, -0.2) is 24.9 Å². The monoisotopic (exact) mass is 222 g/mol. The van der Waals surface area contributed by atoms with Crippen molar-refractivity contribution in [3.8, 4) is 0 Å². The van der Waals surface area contributed by atoms with Gasteiger partial charge in [0.05, 0.1) is 13.1 Å². The first-order chi connectivity index (χ1) is 7.66. The Morgan fingerprint density at radius 3 is 2.62 bits per heavy atom. The Bertz CT molecular complexity index is 474. The molecule has 0 amide bonds. The largest absolute Gasteiger partial charge is 0.338 e. The first-order valence-electron chi connectivity index (χ1n) is 5.01. The van der Waals surface area contributed by atoms with Crippen LogP contribution in [0.2, 0.25) is 0 Å². The highest BCUT2D eigenvalue weighted by atomic mass is 16.5. The molecule has 86 valence electrons. The van der Waals surface area contributed by atoms with Crippen molar-refractivity contribution in [1.82, 2.24) is 30.2 Å². The molecule has 2 heterocycles. The Morgan fingerprint density at radius 2 is 2.06 bits per heavy atom. The van der Waals surface area contributed by atoms with Crippen LogP contribution in [0.15, 0.2) is 4.52 Å². The molecule has 0 unspecified atom stereocenters. The molecule has 0 saturated carbocycles. The van der Waals surface area contributed by atoms with Crippen LogP contribution in [0.4, 0.5) is 0 Å². The van der Waals surface area contributed by atoms with Gasteiger partial charge in [0, 0.05) is 7.05 Å². The van der Waals surface area contributed by atoms with E-state index in [9.17, 15) is 0 Å². The van der Waals surface area contributed by atoms with Gasteiger partial charge >= 0.3 is 0 Å². The van der Waals surface area contributed by atoms with Crippen LogP contribution < -0.4 is 5.32 Å². The fourth-order valence-electron chi connectivity index (χ4n) is 1.30. The minimum Gasteiger partial charge on any atom is -0.338 e. The van der Waals surface area contributed by atoms with Crippen molar-refractivity contribution in [2.45, 2.75) is 26.9 Å². The Kier molecular flexibility index (Phi) is 2.95. The normalized spacial score (nSPS) is 10.9. The van der Waals surface area contributed by atoms with Gasteiger partial charge in [-0.1, -0.05) is 5.16 Å². The molecule has 0 aliphatic heterocycles. The fourth-order valence-corrected chi connectivity index (χ4v) is 1.30. The van der Waals surface area contributed by atoms with E-state index in [4.69, 9.17) is 4.52 Å². The molecule has 2 aromatic heterocycles. The summed E-state index contributed by atoms with van der Waals surface area (Å²) < 4.78 is 6.91. The standard InChI is InChI=1S/C9H14N6O/c1-6-11-9(16-14-6)5-10-4-8-13-12-7(2)15(8)3/h10H,4-5H2,1-3H3. The number of hydrogen-bond donors (Lipinski definition) is 1. The maximum atomic E-state index is 4.97. The fraction of sp³-hybridized carbons (Fsp3) is 0.556. The molecule has 0 radical (unpaired) electrons. The Hall–Kier alpha value is -1.76. The molecular formula is C9H14N6O. The smallest absolute Gasteiger partial charge is 0.240 e. The van der Waals surface area contributed by atoms with Crippen molar-refractivity contribution in [2.24, 2.45) is 7.05 Å². The zero-order valence-corrected chi connectivity index (χ0v) is 9.56. The van der Waals surface area contributed by atoms with E-state index in [1.54, 1.807) is 6.92 Å². The van der Waals surface area contributed by atoms with E-state index in [-0.39, 0.29) is 0 Å². The lowest BCUT2D eigenvalue weighted by Gasteiger charge is -2.01. The highest BCUT2D eigenvalue weighted by Crippen LogP contribution is 1.98. The van der Waals surface area contributed by atoms with E-state index >= 15 is 0 Å². The molecule has 0 fully saturated rings. The molecule has 0 spiro atoms. The van der Waals surface area contributed by atoms with Crippen molar-refractivity contribution in [3.05, 3.63) is 23.4 Å². The van der Waals surface area contributed by atoms with Gasteiger partial charge < -0.3 is 14.4 Å². The molecule has 0 atom stereocenters. The van der Waals surface area contributed by atoms with Crippen LogP contribution in [0.25, 0.3) is 0 Å². The molecule has 16 heavy (non-hydrogen) atoms. The zero-order chi connectivity index (χ0) is 11.5. The summed E-state index contributed by atoms with van der Waals surface area (Å²) in [7, 11) is 1.93. The zero-order valence-electron chi connectivity index (χ0n) is 9.56. The van der Waals surface area contributed by atoms with E-state index in [1.807, 2.05) is 18.5 Å². The lowest BCUT2D eigenvalue weighted by molar-refractivity contribution is 0.363. The molecule has 0 aromatic carbocycles. The van der Waals surface area contributed by atoms with Gasteiger partial charge in [-0.05, 0) is 13.8 Å². The third kappa shape index (κ3) is 2.25. The molecule has 0 bridgehead atoms. The average molecular weight is 222 g/mol.